The number of carbonyl (C=O) groups excluding carboxylic acids is 1. The molecule has 0 N–H and O–H groups in total. The Morgan fingerprint density at radius 2 is 2.31 bits per heavy atom. The molecule has 0 aromatic rings. The number of ketones is 1. The van der Waals surface area contributed by atoms with Gasteiger partial charge in [-0.1, -0.05) is 13.8 Å². The van der Waals surface area contributed by atoms with Gasteiger partial charge in [0.2, 0.25) is 0 Å². The minimum Gasteiger partial charge on any atom is -0.299 e. The highest BCUT2D eigenvalue weighted by Gasteiger charge is 2.52. The summed E-state index contributed by atoms with van der Waals surface area (Å²) in [5.41, 5.74) is 0. The fourth-order valence-corrected chi connectivity index (χ4v) is 3.92. The molecular formula is C10H13NOS. The lowest BCUT2D eigenvalue weighted by Crippen LogP contribution is -2.50. The third-order valence-corrected chi connectivity index (χ3v) is 4.65. The van der Waals surface area contributed by atoms with Crippen molar-refractivity contribution in [2.45, 2.75) is 36.7 Å². The first-order chi connectivity index (χ1) is 6.03. The maximum atomic E-state index is 11.6. The van der Waals surface area contributed by atoms with Crippen LogP contribution in [0.1, 0.15) is 26.7 Å². The average molecular weight is 195 g/mol. The average Bonchev–Trinajstić information content (AvgIpc) is 1.96. The maximum absolute atomic E-state index is 11.6. The number of fused-ring (bicyclic) bond motifs is 1. The van der Waals surface area contributed by atoms with Gasteiger partial charge in [-0.3, -0.25) is 4.79 Å². The van der Waals surface area contributed by atoms with Crippen LogP contribution in [0.15, 0.2) is 0 Å². The van der Waals surface area contributed by atoms with Gasteiger partial charge < -0.3 is 0 Å². The summed E-state index contributed by atoms with van der Waals surface area (Å²) in [6.45, 7) is 4.19. The van der Waals surface area contributed by atoms with E-state index in [-0.39, 0.29) is 16.6 Å². The summed E-state index contributed by atoms with van der Waals surface area (Å²) >= 11 is 1.83. The Hall–Kier alpha value is -0.490. The van der Waals surface area contributed by atoms with Gasteiger partial charge in [-0.15, -0.1) is 11.8 Å². The van der Waals surface area contributed by atoms with Gasteiger partial charge in [0.05, 0.1) is 12.0 Å². The van der Waals surface area contributed by atoms with Crippen molar-refractivity contribution in [3.8, 4) is 6.07 Å². The molecule has 3 atom stereocenters. The normalized spacial score (nSPS) is 41.6. The topological polar surface area (TPSA) is 40.9 Å². The molecule has 0 spiro atoms. The van der Waals surface area contributed by atoms with E-state index in [1.807, 2.05) is 11.8 Å². The molecule has 70 valence electrons. The van der Waals surface area contributed by atoms with Crippen molar-refractivity contribution in [1.82, 2.24) is 0 Å². The van der Waals surface area contributed by atoms with Crippen LogP contribution in [0, 0.1) is 23.2 Å². The Kier molecular flexibility index (Phi) is 1.92. The third-order valence-electron chi connectivity index (χ3n) is 2.94. The van der Waals surface area contributed by atoms with E-state index in [4.69, 9.17) is 5.26 Å². The van der Waals surface area contributed by atoms with E-state index in [1.54, 1.807) is 0 Å². The predicted octanol–water partition coefficient (Wildman–Crippen LogP) is 2.00. The van der Waals surface area contributed by atoms with E-state index >= 15 is 0 Å². The molecule has 0 aromatic heterocycles. The summed E-state index contributed by atoms with van der Waals surface area (Å²) in [6.07, 6.45) is 1.49. The molecule has 0 aromatic carbocycles. The van der Waals surface area contributed by atoms with Gasteiger partial charge in [0.1, 0.15) is 5.78 Å². The molecule has 2 rings (SSSR count). The molecule has 3 heteroatoms. The molecular weight excluding hydrogens is 182 g/mol. The van der Waals surface area contributed by atoms with Crippen molar-refractivity contribution < 1.29 is 4.79 Å². The van der Waals surface area contributed by atoms with Crippen LogP contribution in [0.5, 0.6) is 0 Å². The standard InChI is InChI=1S/C10H13NOS/c1-10(2)4-8(12)7-3-6(5-11)9(7)13-10/h6-7,9H,3-4H2,1-2H3/t6-,7+,9+/m1/s1. The fraction of sp³-hybridized carbons (Fsp3) is 0.800. The molecule has 0 unspecified atom stereocenters. The number of carbonyl (C=O) groups is 1. The van der Waals surface area contributed by atoms with E-state index in [9.17, 15) is 4.79 Å². The molecule has 2 nitrogen and oxygen atoms in total. The van der Waals surface area contributed by atoms with Gasteiger partial charge in [0.25, 0.3) is 0 Å². The lowest BCUT2D eigenvalue weighted by molar-refractivity contribution is -0.126. The summed E-state index contributed by atoms with van der Waals surface area (Å²) in [7, 11) is 0. The highest BCUT2D eigenvalue weighted by atomic mass is 32.2. The van der Waals surface area contributed by atoms with Crippen LogP contribution in [0.3, 0.4) is 0 Å². The number of thioether (sulfide) groups is 1. The summed E-state index contributed by atoms with van der Waals surface area (Å²) < 4.78 is 0.0494. The second kappa shape index (κ2) is 2.75. The zero-order valence-electron chi connectivity index (χ0n) is 7.91. The van der Waals surface area contributed by atoms with Gasteiger partial charge in [0, 0.05) is 22.3 Å². The number of rotatable bonds is 0. The molecule has 0 amide bonds. The van der Waals surface area contributed by atoms with Crippen molar-refractivity contribution in [2.24, 2.45) is 11.8 Å². The molecule has 1 aliphatic carbocycles. The number of hydrogen-bond donors (Lipinski definition) is 0. The van der Waals surface area contributed by atoms with Crippen LogP contribution in [-0.2, 0) is 4.79 Å². The summed E-state index contributed by atoms with van der Waals surface area (Å²) in [5.74, 6) is 0.696. The zero-order chi connectivity index (χ0) is 9.64. The van der Waals surface area contributed by atoms with Crippen molar-refractivity contribution >= 4 is 17.5 Å². The first kappa shape index (κ1) is 9.08. The van der Waals surface area contributed by atoms with Gasteiger partial charge in [0.15, 0.2) is 0 Å². The van der Waals surface area contributed by atoms with Crippen LogP contribution in [0.25, 0.3) is 0 Å². The van der Waals surface area contributed by atoms with Crippen LogP contribution in [0.2, 0.25) is 0 Å². The van der Waals surface area contributed by atoms with Crippen LogP contribution in [-0.4, -0.2) is 15.8 Å². The number of hydrogen-bond acceptors (Lipinski definition) is 3. The minimum absolute atomic E-state index is 0.0494. The van der Waals surface area contributed by atoms with Gasteiger partial charge in [-0.25, -0.2) is 0 Å². The lowest BCUT2D eigenvalue weighted by Gasteiger charge is -2.48. The third kappa shape index (κ3) is 1.38. The fourth-order valence-electron chi connectivity index (χ4n) is 2.19. The Labute approximate surface area is 82.7 Å². The SMILES string of the molecule is CC1(C)CC(=O)[C@@H]2C[C@H](C#N)[C@@H]2S1. The Bertz CT molecular complexity index is 292. The van der Waals surface area contributed by atoms with E-state index in [2.05, 4.69) is 19.9 Å². The second-order valence-electron chi connectivity index (χ2n) is 4.56. The Morgan fingerprint density at radius 3 is 2.92 bits per heavy atom. The van der Waals surface area contributed by atoms with Crippen LogP contribution in [0.4, 0.5) is 0 Å². The largest absolute Gasteiger partial charge is 0.299 e. The number of Topliss-reactive ketones (excluding diaryl/α,β-unsaturated/α-hetero) is 1. The molecule has 1 saturated heterocycles. The first-order valence-corrected chi connectivity index (χ1v) is 5.51. The number of nitriles is 1. The summed E-state index contributed by atoms with van der Waals surface area (Å²) in [6, 6.07) is 2.29. The number of nitrogens with zero attached hydrogens (tertiary/aromatic N) is 1. The highest BCUT2D eigenvalue weighted by molar-refractivity contribution is 8.01. The van der Waals surface area contributed by atoms with Gasteiger partial charge >= 0.3 is 0 Å². The van der Waals surface area contributed by atoms with Crippen LogP contribution >= 0.6 is 11.8 Å². The van der Waals surface area contributed by atoms with Gasteiger partial charge in [-0.2, -0.15) is 5.26 Å². The molecule has 0 bridgehead atoms. The monoisotopic (exact) mass is 195 g/mol. The molecule has 1 heterocycles. The smallest absolute Gasteiger partial charge is 0.138 e. The maximum Gasteiger partial charge on any atom is 0.138 e. The Balaban J connectivity index is 2.14. The summed E-state index contributed by atoms with van der Waals surface area (Å²) in [5, 5.41) is 9.10. The molecule has 2 aliphatic rings. The van der Waals surface area contributed by atoms with E-state index < -0.39 is 0 Å². The molecule has 0 radical (unpaired) electrons. The quantitative estimate of drug-likeness (QED) is 0.593. The summed E-state index contributed by atoms with van der Waals surface area (Å²) in [4.78, 5) is 11.6. The first-order valence-electron chi connectivity index (χ1n) is 4.64. The van der Waals surface area contributed by atoms with E-state index in [0.29, 0.717) is 17.5 Å². The van der Waals surface area contributed by atoms with Crippen molar-refractivity contribution in [1.29, 1.82) is 5.26 Å². The second-order valence-corrected chi connectivity index (χ2v) is 6.45. The lowest BCUT2D eigenvalue weighted by atomic mass is 9.71. The van der Waals surface area contributed by atoms with Crippen LogP contribution < -0.4 is 0 Å². The van der Waals surface area contributed by atoms with Crippen molar-refractivity contribution in [2.75, 3.05) is 0 Å². The van der Waals surface area contributed by atoms with Crippen molar-refractivity contribution in [3.63, 3.8) is 0 Å². The molecule has 1 aliphatic heterocycles. The minimum atomic E-state index is 0.0494. The van der Waals surface area contributed by atoms with Crippen molar-refractivity contribution in [3.05, 3.63) is 0 Å². The van der Waals surface area contributed by atoms with E-state index in [0.717, 1.165) is 6.42 Å². The molecule has 2 fully saturated rings. The van der Waals surface area contributed by atoms with E-state index in [1.165, 1.54) is 0 Å². The Morgan fingerprint density at radius 1 is 1.62 bits per heavy atom. The highest BCUT2D eigenvalue weighted by Crippen LogP contribution is 2.53. The van der Waals surface area contributed by atoms with Gasteiger partial charge in [-0.05, 0) is 6.42 Å². The predicted molar refractivity (Wildman–Crippen MR) is 52.3 cm³/mol. The zero-order valence-corrected chi connectivity index (χ0v) is 8.73. The molecule has 1 saturated carbocycles. The molecule has 13 heavy (non-hydrogen) atoms.